The van der Waals surface area contributed by atoms with Crippen LogP contribution in [-0.4, -0.2) is 47.0 Å². The van der Waals surface area contributed by atoms with Gasteiger partial charge in [-0.05, 0) is 52.0 Å². The van der Waals surface area contributed by atoms with Gasteiger partial charge in [0.2, 0.25) is 0 Å². The third kappa shape index (κ3) is 5.09. The highest BCUT2D eigenvalue weighted by molar-refractivity contribution is 6.08. The van der Waals surface area contributed by atoms with E-state index in [1.807, 2.05) is 60.8 Å². The molecule has 190 valence electrons. The van der Waals surface area contributed by atoms with Crippen LogP contribution in [0.25, 0.3) is 28.1 Å². The summed E-state index contributed by atoms with van der Waals surface area (Å²) in [5, 5.41) is 4.89. The van der Waals surface area contributed by atoms with Crippen LogP contribution in [0, 0.1) is 13.8 Å². The van der Waals surface area contributed by atoms with E-state index in [0.29, 0.717) is 34.0 Å². The second-order valence-electron chi connectivity index (χ2n) is 8.25. The highest BCUT2D eigenvalue weighted by Crippen LogP contribution is 2.39. The van der Waals surface area contributed by atoms with Crippen molar-refractivity contribution in [3.8, 4) is 33.8 Å². The number of hydrogen-bond donors (Lipinski definition) is 0. The van der Waals surface area contributed by atoms with E-state index in [2.05, 4.69) is 4.98 Å². The van der Waals surface area contributed by atoms with Gasteiger partial charge >= 0.3 is 11.9 Å². The van der Waals surface area contributed by atoms with Crippen molar-refractivity contribution in [2.75, 3.05) is 20.3 Å². The van der Waals surface area contributed by atoms with Crippen molar-refractivity contribution in [3.05, 3.63) is 83.3 Å². The van der Waals surface area contributed by atoms with Crippen LogP contribution in [0.4, 0.5) is 0 Å². The Hall–Kier alpha value is -4.46. The molecule has 4 rings (SSSR count). The Kier molecular flexibility index (Phi) is 7.67. The average Bonchev–Trinajstić information content (AvgIpc) is 3.34. The molecule has 0 saturated carbocycles. The molecule has 0 unspecified atom stereocenters. The number of pyridine rings is 1. The lowest BCUT2D eigenvalue weighted by Crippen LogP contribution is -2.17. The minimum atomic E-state index is -0.572. The fraction of sp³-hybridized carbons (Fsp3) is 0.241. The van der Waals surface area contributed by atoms with Gasteiger partial charge in [0.1, 0.15) is 11.4 Å². The molecule has 37 heavy (non-hydrogen) atoms. The number of carbonyl (C=O) groups excluding carboxylic acids is 2. The minimum Gasteiger partial charge on any atom is -0.497 e. The molecule has 0 radical (unpaired) electrons. The van der Waals surface area contributed by atoms with Crippen LogP contribution in [-0.2, 0) is 9.47 Å². The van der Waals surface area contributed by atoms with E-state index in [-0.39, 0.29) is 24.3 Å². The first-order valence-electron chi connectivity index (χ1n) is 12.0. The Labute approximate surface area is 215 Å². The van der Waals surface area contributed by atoms with Crippen LogP contribution in [0.1, 0.15) is 46.0 Å². The molecule has 0 spiro atoms. The molecule has 0 saturated heterocycles. The van der Waals surface area contributed by atoms with Crippen molar-refractivity contribution in [2.24, 2.45) is 0 Å². The van der Waals surface area contributed by atoms with Crippen LogP contribution in [0.5, 0.6) is 5.75 Å². The monoisotopic (exact) mass is 499 g/mol. The molecule has 0 bridgehead atoms. The summed E-state index contributed by atoms with van der Waals surface area (Å²) in [6.45, 7) is 7.26. The summed E-state index contributed by atoms with van der Waals surface area (Å²) in [6, 6.07) is 17.1. The summed E-state index contributed by atoms with van der Waals surface area (Å²) < 4.78 is 18.0. The summed E-state index contributed by atoms with van der Waals surface area (Å²) >= 11 is 0. The normalized spacial score (nSPS) is 10.7. The number of benzene rings is 2. The maximum Gasteiger partial charge on any atom is 0.340 e. The predicted molar refractivity (Wildman–Crippen MR) is 140 cm³/mol. The topological polar surface area (TPSA) is 92.5 Å². The molecule has 0 N–H and O–H groups in total. The molecule has 8 nitrogen and oxygen atoms in total. The van der Waals surface area contributed by atoms with Gasteiger partial charge in [0.05, 0.1) is 48.5 Å². The standard InChI is InChI=1S/C29H29N3O5/c1-6-36-28(33)24-18(3)30-19(4)25(29(34)37-7-2)26(24)23-17-32(21-13-9-8-10-14-21)31-27(23)20-12-11-15-22(16-20)35-5/h8-17H,6-7H2,1-5H3. The molecule has 0 amide bonds. The number of hydrogen-bond acceptors (Lipinski definition) is 7. The number of esters is 2. The van der Waals surface area contributed by atoms with Gasteiger partial charge in [-0.15, -0.1) is 0 Å². The van der Waals surface area contributed by atoms with Gasteiger partial charge < -0.3 is 14.2 Å². The summed E-state index contributed by atoms with van der Waals surface area (Å²) in [6.07, 6.45) is 1.81. The van der Waals surface area contributed by atoms with Crippen LogP contribution < -0.4 is 4.74 Å². The average molecular weight is 500 g/mol. The maximum atomic E-state index is 13.3. The van der Waals surface area contributed by atoms with E-state index < -0.39 is 11.9 Å². The zero-order valence-electron chi connectivity index (χ0n) is 21.6. The number of nitrogens with zero attached hydrogens (tertiary/aromatic N) is 3. The Balaban J connectivity index is 2.12. The molecule has 4 aromatic rings. The number of aryl methyl sites for hydroxylation is 2. The quantitative estimate of drug-likeness (QED) is 0.292. The molecule has 8 heteroatoms. The van der Waals surface area contributed by atoms with E-state index >= 15 is 0 Å². The summed E-state index contributed by atoms with van der Waals surface area (Å²) in [5.74, 6) is -0.495. The SMILES string of the molecule is CCOC(=O)c1c(C)nc(C)c(C(=O)OCC)c1-c1cn(-c2ccccc2)nc1-c1cccc(OC)c1. The van der Waals surface area contributed by atoms with Crippen molar-refractivity contribution in [3.63, 3.8) is 0 Å². The van der Waals surface area contributed by atoms with Gasteiger partial charge in [0, 0.05) is 22.9 Å². The van der Waals surface area contributed by atoms with Crippen molar-refractivity contribution in [1.82, 2.24) is 14.8 Å². The molecular formula is C29H29N3O5. The van der Waals surface area contributed by atoms with Crippen LogP contribution in [0.15, 0.2) is 60.8 Å². The fourth-order valence-corrected chi connectivity index (χ4v) is 4.28. The number of ether oxygens (including phenoxy) is 3. The van der Waals surface area contributed by atoms with Gasteiger partial charge in [-0.1, -0.05) is 30.3 Å². The van der Waals surface area contributed by atoms with Gasteiger partial charge in [-0.25, -0.2) is 14.3 Å². The lowest BCUT2D eigenvalue weighted by molar-refractivity contribution is 0.0525. The number of methoxy groups -OCH3 is 1. The summed E-state index contributed by atoms with van der Waals surface area (Å²) in [5.41, 5.74) is 4.37. The van der Waals surface area contributed by atoms with Gasteiger partial charge in [-0.2, -0.15) is 5.10 Å². The Morgan fingerprint density at radius 1 is 0.865 bits per heavy atom. The zero-order chi connectivity index (χ0) is 26.5. The van der Waals surface area contributed by atoms with Gasteiger partial charge in [0.25, 0.3) is 0 Å². The molecule has 0 aliphatic carbocycles. The maximum absolute atomic E-state index is 13.3. The number of carbonyl (C=O) groups is 2. The molecule has 0 fully saturated rings. The first-order chi connectivity index (χ1) is 17.9. The zero-order valence-corrected chi connectivity index (χ0v) is 21.6. The van der Waals surface area contributed by atoms with E-state index in [1.54, 1.807) is 39.5 Å². The number of rotatable bonds is 8. The van der Waals surface area contributed by atoms with Crippen molar-refractivity contribution < 1.29 is 23.8 Å². The predicted octanol–water partition coefficient (Wildman–Crippen LogP) is 5.58. The third-order valence-electron chi connectivity index (χ3n) is 5.87. The number of para-hydroxylation sites is 1. The molecule has 2 aromatic carbocycles. The second-order valence-corrected chi connectivity index (χ2v) is 8.25. The van der Waals surface area contributed by atoms with E-state index in [9.17, 15) is 9.59 Å². The smallest absolute Gasteiger partial charge is 0.340 e. The fourth-order valence-electron chi connectivity index (χ4n) is 4.28. The Bertz CT molecular complexity index is 1400. The van der Waals surface area contributed by atoms with Crippen molar-refractivity contribution in [1.29, 1.82) is 0 Å². The Morgan fingerprint density at radius 3 is 2.05 bits per heavy atom. The molecule has 2 aromatic heterocycles. The third-order valence-corrected chi connectivity index (χ3v) is 5.87. The van der Waals surface area contributed by atoms with Gasteiger partial charge in [0.15, 0.2) is 0 Å². The largest absolute Gasteiger partial charge is 0.497 e. The lowest BCUT2D eigenvalue weighted by atomic mass is 9.91. The molecular weight excluding hydrogens is 470 g/mol. The molecule has 0 atom stereocenters. The van der Waals surface area contributed by atoms with E-state index in [1.165, 1.54) is 0 Å². The van der Waals surface area contributed by atoms with Crippen LogP contribution in [0.2, 0.25) is 0 Å². The first kappa shape index (κ1) is 25.6. The molecule has 0 aliphatic rings. The highest BCUT2D eigenvalue weighted by Gasteiger charge is 2.31. The van der Waals surface area contributed by atoms with Crippen molar-refractivity contribution in [2.45, 2.75) is 27.7 Å². The van der Waals surface area contributed by atoms with Crippen molar-refractivity contribution >= 4 is 11.9 Å². The van der Waals surface area contributed by atoms with Gasteiger partial charge in [-0.3, -0.25) is 4.98 Å². The lowest BCUT2D eigenvalue weighted by Gasteiger charge is -2.17. The molecule has 0 aliphatic heterocycles. The summed E-state index contributed by atoms with van der Waals surface area (Å²) in [4.78, 5) is 31.0. The Morgan fingerprint density at radius 2 is 1.49 bits per heavy atom. The van der Waals surface area contributed by atoms with E-state index in [0.717, 1.165) is 11.3 Å². The summed E-state index contributed by atoms with van der Waals surface area (Å²) in [7, 11) is 1.59. The minimum absolute atomic E-state index is 0.173. The molecule has 2 heterocycles. The highest BCUT2D eigenvalue weighted by atomic mass is 16.5. The van der Waals surface area contributed by atoms with Crippen LogP contribution >= 0.6 is 0 Å². The van der Waals surface area contributed by atoms with Crippen LogP contribution in [0.3, 0.4) is 0 Å². The van der Waals surface area contributed by atoms with E-state index in [4.69, 9.17) is 19.3 Å². The first-order valence-corrected chi connectivity index (χ1v) is 12.0. The number of aromatic nitrogens is 3. The second kappa shape index (κ2) is 11.1.